The van der Waals surface area contributed by atoms with Crippen molar-refractivity contribution in [3.63, 3.8) is 0 Å². The summed E-state index contributed by atoms with van der Waals surface area (Å²) in [5.74, 6) is 0.493. The SMILES string of the molecule is CC(C)CC(=O)[C@H]1CCCN1C(=O)OC(C)(C)C. The monoisotopic (exact) mass is 255 g/mol. The van der Waals surface area contributed by atoms with E-state index in [1.54, 1.807) is 4.90 Å². The number of rotatable bonds is 3. The van der Waals surface area contributed by atoms with E-state index in [0.29, 0.717) is 18.9 Å². The fourth-order valence-corrected chi connectivity index (χ4v) is 2.18. The van der Waals surface area contributed by atoms with Gasteiger partial charge in [-0.1, -0.05) is 13.8 Å². The molecule has 0 saturated carbocycles. The van der Waals surface area contributed by atoms with Gasteiger partial charge in [0.25, 0.3) is 0 Å². The van der Waals surface area contributed by atoms with Crippen LogP contribution in [0.25, 0.3) is 0 Å². The maximum atomic E-state index is 12.1. The molecular formula is C14H25NO3. The topological polar surface area (TPSA) is 46.6 Å². The van der Waals surface area contributed by atoms with Crippen LogP contribution in [0.1, 0.15) is 53.9 Å². The lowest BCUT2D eigenvalue weighted by molar-refractivity contribution is -0.124. The number of carbonyl (C=O) groups excluding carboxylic acids is 2. The van der Waals surface area contributed by atoms with E-state index in [9.17, 15) is 9.59 Å². The lowest BCUT2D eigenvalue weighted by atomic mass is 10.0. The first-order chi connectivity index (χ1) is 8.20. The highest BCUT2D eigenvalue weighted by molar-refractivity contribution is 5.88. The first-order valence-corrected chi connectivity index (χ1v) is 6.73. The van der Waals surface area contributed by atoms with Crippen LogP contribution in [0.3, 0.4) is 0 Å². The summed E-state index contributed by atoms with van der Waals surface area (Å²) in [7, 11) is 0. The number of ether oxygens (including phenoxy) is 1. The van der Waals surface area contributed by atoms with E-state index in [0.717, 1.165) is 12.8 Å². The van der Waals surface area contributed by atoms with E-state index in [1.807, 2.05) is 34.6 Å². The van der Waals surface area contributed by atoms with Crippen LogP contribution in [0.2, 0.25) is 0 Å². The predicted molar refractivity (Wildman–Crippen MR) is 70.4 cm³/mol. The van der Waals surface area contributed by atoms with Crippen molar-refractivity contribution >= 4 is 11.9 Å². The number of hydrogen-bond acceptors (Lipinski definition) is 3. The molecule has 18 heavy (non-hydrogen) atoms. The Morgan fingerprint density at radius 2 is 1.94 bits per heavy atom. The Hall–Kier alpha value is -1.06. The van der Waals surface area contributed by atoms with E-state index in [-0.39, 0.29) is 17.9 Å². The van der Waals surface area contributed by atoms with Crippen molar-refractivity contribution in [2.24, 2.45) is 5.92 Å². The van der Waals surface area contributed by atoms with Crippen LogP contribution >= 0.6 is 0 Å². The summed E-state index contributed by atoms with van der Waals surface area (Å²) in [5, 5.41) is 0. The third-order valence-corrected chi connectivity index (χ3v) is 2.86. The standard InChI is InChI=1S/C14H25NO3/c1-10(2)9-12(16)11-7-6-8-15(11)13(17)18-14(3,4)5/h10-11H,6-9H2,1-5H3/t11-/m1/s1. The Kier molecular flexibility index (Phi) is 4.77. The number of amides is 1. The van der Waals surface area contributed by atoms with Crippen LogP contribution in [0.4, 0.5) is 4.79 Å². The van der Waals surface area contributed by atoms with Gasteiger partial charge in [-0.25, -0.2) is 4.79 Å². The number of Topliss-reactive ketones (excluding diaryl/α,β-unsaturated/α-hetero) is 1. The number of nitrogens with zero attached hydrogens (tertiary/aromatic N) is 1. The number of likely N-dealkylation sites (tertiary alicyclic amines) is 1. The van der Waals surface area contributed by atoms with E-state index in [2.05, 4.69) is 0 Å². The van der Waals surface area contributed by atoms with Crippen molar-refractivity contribution in [3.8, 4) is 0 Å². The molecule has 1 rings (SSSR count). The van der Waals surface area contributed by atoms with Gasteiger partial charge >= 0.3 is 6.09 Å². The molecule has 0 spiro atoms. The second-order valence-corrected chi connectivity index (χ2v) is 6.40. The summed E-state index contributed by atoms with van der Waals surface area (Å²) >= 11 is 0. The van der Waals surface area contributed by atoms with Crippen molar-refractivity contribution in [3.05, 3.63) is 0 Å². The molecule has 0 N–H and O–H groups in total. The van der Waals surface area contributed by atoms with E-state index >= 15 is 0 Å². The number of ketones is 1. The van der Waals surface area contributed by atoms with Crippen LogP contribution in [-0.2, 0) is 9.53 Å². The normalized spacial score (nSPS) is 20.3. The molecule has 1 saturated heterocycles. The summed E-state index contributed by atoms with van der Waals surface area (Å²) in [5.41, 5.74) is -0.509. The second kappa shape index (κ2) is 5.72. The summed E-state index contributed by atoms with van der Waals surface area (Å²) in [6.07, 6.45) is 1.82. The molecule has 104 valence electrons. The highest BCUT2D eigenvalue weighted by Gasteiger charge is 2.36. The van der Waals surface area contributed by atoms with Crippen LogP contribution in [0, 0.1) is 5.92 Å². The van der Waals surface area contributed by atoms with Crippen molar-refractivity contribution in [2.45, 2.75) is 65.5 Å². The van der Waals surface area contributed by atoms with E-state index < -0.39 is 5.60 Å². The van der Waals surface area contributed by atoms with Crippen molar-refractivity contribution in [1.82, 2.24) is 4.90 Å². The predicted octanol–water partition coefficient (Wildman–Crippen LogP) is 3.00. The zero-order valence-electron chi connectivity index (χ0n) is 12.2. The summed E-state index contributed by atoms with van der Waals surface area (Å²) < 4.78 is 5.34. The van der Waals surface area contributed by atoms with Gasteiger partial charge < -0.3 is 4.74 Å². The molecule has 1 fully saturated rings. The molecule has 1 atom stereocenters. The third kappa shape index (κ3) is 4.31. The molecule has 4 heteroatoms. The smallest absolute Gasteiger partial charge is 0.410 e. The van der Waals surface area contributed by atoms with Gasteiger partial charge in [0.1, 0.15) is 5.60 Å². The molecule has 1 aliphatic heterocycles. The molecule has 0 aromatic heterocycles. The molecule has 0 radical (unpaired) electrons. The summed E-state index contributed by atoms with van der Waals surface area (Å²) in [6.45, 7) is 10.2. The Morgan fingerprint density at radius 3 is 2.44 bits per heavy atom. The van der Waals surface area contributed by atoms with Crippen LogP contribution < -0.4 is 0 Å². The molecule has 0 aromatic rings. The molecule has 0 aromatic carbocycles. The zero-order chi connectivity index (χ0) is 13.9. The van der Waals surface area contributed by atoms with Gasteiger partial charge in [0.2, 0.25) is 0 Å². The maximum absolute atomic E-state index is 12.1. The highest BCUT2D eigenvalue weighted by atomic mass is 16.6. The van der Waals surface area contributed by atoms with Crippen LogP contribution in [-0.4, -0.2) is 35.0 Å². The minimum absolute atomic E-state index is 0.161. The Morgan fingerprint density at radius 1 is 1.33 bits per heavy atom. The summed E-state index contributed by atoms with van der Waals surface area (Å²) in [4.78, 5) is 25.7. The first kappa shape index (κ1) is 15.0. The van der Waals surface area contributed by atoms with Crippen LogP contribution in [0.5, 0.6) is 0 Å². The zero-order valence-corrected chi connectivity index (χ0v) is 12.2. The van der Waals surface area contributed by atoms with Crippen molar-refractivity contribution in [1.29, 1.82) is 0 Å². The highest BCUT2D eigenvalue weighted by Crippen LogP contribution is 2.23. The quantitative estimate of drug-likeness (QED) is 0.778. The molecule has 1 aliphatic rings. The molecule has 0 bridgehead atoms. The van der Waals surface area contributed by atoms with Gasteiger partial charge in [0.15, 0.2) is 5.78 Å². The lowest BCUT2D eigenvalue weighted by Crippen LogP contribution is -2.43. The fraction of sp³-hybridized carbons (Fsp3) is 0.857. The average Bonchev–Trinajstić information content (AvgIpc) is 2.61. The Balaban J connectivity index is 2.64. The van der Waals surface area contributed by atoms with Crippen molar-refractivity contribution in [2.75, 3.05) is 6.54 Å². The maximum Gasteiger partial charge on any atom is 0.410 e. The fourth-order valence-electron chi connectivity index (χ4n) is 2.18. The molecule has 0 aliphatic carbocycles. The number of hydrogen-bond donors (Lipinski definition) is 0. The average molecular weight is 255 g/mol. The first-order valence-electron chi connectivity index (χ1n) is 6.73. The minimum atomic E-state index is -0.509. The molecule has 1 heterocycles. The van der Waals surface area contributed by atoms with Gasteiger partial charge in [0.05, 0.1) is 6.04 Å². The second-order valence-electron chi connectivity index (χ2n) is 6.40. The minimum Gasteiger partial charge on any atom is -0.444 e. The van der Waals surface area contributed by atoms with Gasteiger partial charge in [-0.2, -0.15) is 0 Å². The lowest BCUT2D eigenvalue weighted by Gasteiger charge is -2.28. The molecule has 1 amide bonds. The van der Waals surface area contributed by atoms with Crippen molar-refractivity contribution < 1.29 is 14.3 Å². The van der Waals surface area contributed by atoms with E-state index in [4.69, 9.17) is 4.74 Å². The summed E-state index contributed by atoms with van der Waals surface area (Å²) in [6, 6.07) is -0.276. The largest absolute Gasteiger partial charge is 0.444 e. The number of carbonyl (C=O) groups is 2. The third-order valence-electron chi connectivity index (χ3n) is 2.86. The van der Waals surface area contributed by atoms with Gasteiger partial charge in [-0.3, -0.25) is 9.69 Å². The van der Waals surface area contributed by atoms with Gasteiger partial charge in [-0.05, 0) is 39.5 Å². The molecule has 0 unspecified atom stereocenters. The Bertz CT molecular complexity index is 317. The van der Waals surface area contributed by atoms with E-state index in [1.165, 1.54) is 0 Å². The van der Waals surface area contributed by atoms with Gasteiger partial charge in [0, 0.05) is 13.0 Å². The Labute approximate surface area is 110 Å². The molecular weight excluding hydrogens is 230 g/mol. The molecule has 4 nitrogen and oxygen atoms in total. The van der Waals surface area contributed by atoms with Crippen LogP contribution in [0.15, 0.2) is 0 Å². The van der Waals surface area contributed by atoms with Gasteiger partial charge in [-0.15, -0.1) is 0 Å².